The van der Waals surface area contributed by atoms with Gasteiger partial charge in [0.25, 0.3) is 0 Å². The number of carboxylic acid groups (broad SMARTS) is 1. The summed E-state index contributed by atoms with van der Waals surface area (Å²) >= 11 is 0. The first-order chi connectivity index (χ1) is 8.05. The van der Waals surface area contributed by atoms with Gasteiger partial charge < -0.3 is 14.7 Å². The van der Waals surface area contributed by atoms with E-state index < -0.39 is 17.5 Å². The third-order valence-electron chi connectivity index (χ3n) is 3.06. The Labute approximate surface area is 100 Å². The Morgan fingerprint density at radius 1 is 1.35 bits per heavy atom. The number of carboxylic acids is 1. The summed E-state index contributed by atoms with van der Waals surface area (Å²) in [7, 11) is 0. The van der Waals surface area contributed by atoms with Crippen LogP contribution < -0.4 is 0 Å². The van der Waals surface area contributed by atoms with Crippen molar-refractivity contribution in [3.8, 4) is 0 Å². The number of amides is 1. The zero-order valence-corrected chi connectivity index (χ0v) is 9.72. The van der Waals surface area contributed by atoms with Crippen LogP contribution in [0, 0.1) is 5.41 Å². The SMILES string of the molecule is C=CCOC(=O)N1CCC(C=C)(C(=O)O)CC1. The second-order valence-corrected chi connectivity index (χ2v) is 4.02. The Hall–Kier alpha value is -1.78. The Morgan fingerprint density at radius 3 is 2.35 bits per heavy atom. The molecule has 1 amide bonds. The van der Waals surface area contributed by atoms with Gasteiger partial charge in [0.2, 0.25) is 0 Å². The number of likely N-dealkylation sites (tertiary alicyclic amines) is 1. The van der Waals surface area contributed by atoms with Crippen LogP contribution in [-0.2, 0) is 9.53 Å². The monoisotopic (exact) mass is 239 g/mol. The fourth-order valence-electron chi connectivity index (χ4n) is 1.82. The smallest absolute Gasteiger partial charge is 0.410 e. The summed E-state index contributed by atoms with van der Waals surface area (Å²) in [6.07, 6.45) is 3.27. The number of rotatable bonds is 4. The van der Waals surface area contributed by atoms with E-state index in [1.165, 1.54) is 17.1 Å². The molecule has 5 heteroatoms. The fourth-order valence-corrected chi connectivity index (χ4v) is 1.82. The van der Waals surface area contributed by atoms with E-state index in [1.54, 1.807) is 0 Å². The summed E-state index contributed by atoms with van der Waals surface area (Å²) in [5.41, 5.74) is -0.908. The van der Waals surface area contributed by atoms with Crippen molar-refractivity contribution >= 4 is 12.1 Å². The highest BCUT2D eigenvalue weighted by Gasteiger charge is 2.40. The van der Waals surface area contributed by atoms with Gasteiger partial charge in [-0.05, 0) is 12.8 Å². The van der Waals surface area contributed by atoms with Gasteiger partial charge in [-0.3, -0.25) is 4.79 Å². The number of carbonyl (C=O) groups excluding carboxylic acids is 1. The number of nitrogens with zero attached hydrogens (tertiary/aromatic N) is 1. The number of hydrogen-bond acceptors (Lipinski definition) is 3. The Kier molecular flexibility index (Phi) is 4.31. The zero-order chi connectivity index (χ0) is 12.9. The first kappa shape index (κ1) is 13.3. The third-order valence-corrected chi connectivity index (χ3v) is 3.06. The molecular weight excluding hydrogens is 222 g/mol. The third kappa shape index (κ3) is 2.87. The molecule has 5 nitrogen and oxygen atoms in total. The molecule has 1 rings (SSSR count). The van der Waals surface area contributed by atoms with Crippen LogP contribution >= 0.6 is 0 Å². The first-order valence-corrected chi connectivity index (χ1v) is 5.45. The molecule has 0 aromatic heterocycles. The van der Waals surface area contributed by atoms with Gasteiger partial charge in [0.15, 0.2) is 0 Å². The summed E-state index contributed by atoms with van der Waals surface area (Å²) in [6.45, 7) is 7.93. The molecule has 1 fully saturated rings. The highest BCUT2D eigenvalue weighted by atomic mass is 16.6. The van der Waals surface area contributed by atoms with E-state index in [0.29, 0.717) is 25.9 Å². The van der Waals surface area contributed by atoms with Crippen molar-refractivity contribution in [2.24, 2.45) is 5.41 Å². The normalized spacial score (nSPS) is 18.2. The van der Waals surface area contributed by atoms with E-state index in [9.17, 15) is 9.59 Å². The second kappa shape index (κ2) is 5.52. The first-order valence-electron chi connectivity index (χ1n) is 5.45. The molecule has 1 aliphatic heterocycles. The van der Waals surface area contributed by atoms with Crippen LogP contribution in [0.3, 0.4) is 0 Å². The zero-order valence-electron chi connectivity index (χ0n) is 9.72. The van der Waals surface area contributed by atoms with Gasteiger partial charge in [0.05, 0.1) is 5.41 Å². The van der Waals surface area contributed by atoms with Crippen molar-refractivity contribution in [3.05, 3.63) is 25.3 Å². The van der Waals surface area contributed by atoms with Gasteiger partial charge in [-0.1, -0.05) is 18.7 Å². The highest BCUT2D eigenvalue weighted by molar-refractivity contribution is 5.77. The molecule has 0 radical (unpaired) electrons. The molecule has 0 saturated carbocycles. The standard InChI is InChI=1S/C12H17NO4/c1-3-9-17-11(16)13-7-5-12(4-2,6-8-13)10(14)15/h3-4H,1-2,5-9H2,(H,14,15). The average Bonchev–Trinajstić information content (AvgIpc) is 2.35. The maximum Gasteiger partial charge on any atom is 0.410 e. The van der Waals surface area contributed by atoms with Crippen LogP contribution in [-0.4, -0.2) is 41.8 Å². The van der Waals surface area contributed by atoms with Gasteiger partial charge in [0, 0.05) is 13.1 Å². The van der Waals surface area contributed by atoms with Crippen LogP contribution in [0.5, 0.6) is 0 Å². The van der Waals surface area contributed by atoms with E-state index in [1.807, 2.05) is 0 Å². The molecule has 0 spiro atoms. The minimum atomic E-state index is -0.908. The predicted molar refractivity (Wildman–Crippen MR) is 62.6 cm³/mol. The Balaban J connectivity index is 2.55. The van der Waals surface area contributed by atoms with E-state index in [-0.39, 0.29) is 6.61 Å². The minimum Gasteiger partial charge on any atom is -0.481 e. The summed E-state index contributed by atoms with van der Waals surface area (Å²) in [4.78, 5) is 24.2. The number of carbonyl (C=O) groups is 2. The van der Waals surface area contributed by atoms with Crippen LogP contribution in [0.15, 0.2) is 25.3 Å². The largest absolute Gasteiger partial charge is 0.481 e. The van der Waals surface area contributed by atoms with Gasteiger partial charge >= 0.3 is 12.1 Å². The van der Waals surface area contributed by atoms with Crippen molar-refractivity contribution in [1.29, 1.82) is 0 Å². The molecule has 1 saturated heterocycles. The molecule has 0 unspecified atom stereocenters. The Bertz CT molecular complexity index is 329. The van der Waals surface area contributed by atoms with Gasteiger partial charge in [0.1, 0.15) is 6.61 Å². The quantitative estimate of drug-likeness (QED) is 0.758. The van der Waals surface area contributed by atoms with Crippen molar-refractivity contribution in [2.45, 2.75) is 12.8 Å². The van der Waals surface area contributed by atoms with Crippen LogP contribution in [0.1, 0.15) is 12.8 Å². The number of ether oxygens (including phenoxy) is 1. The lowest BCUT2D eigenvalue weighted by Gasteiger charge is -2.36. The predicted octanol–water partition coefficient (Wildman–Crippen LogP) is 1.66. The van der Waals surface area contributed by atoms with Crippen LogP contribution in [0.2, 0.25) is 0 Å². The molecule has 0 aromatic rings. The van der Waals surface area contributed by atoms with Gasteiger partial charge in [-0.25, -0.2) is 4.79 Å². The Morgan fingerprint density at radius 2 is 1.94 bits per heavy atom. The lowest BCUT2D eigenvalue weighted by molar-refractivity contribution is -0.148. The van der Waals surface area contributed by atoms with Crippen molar-refractivity contribution in [3.63, 3.8) is 0 Å². The molecule has 1 heterocycles. The van der Waals surface area contributed by atoms with E-state index in [2.05, 4.69) is 13.2 Å². The van der Waals surface area contributed by atoms with E-state index in [4.69, 9.17) is 9.84 Å². The molecule has 1 N–H and O–H groups in total. The second-order valence-electron chi connectivity index (χ2n) is 4.02. The fraction of sp³-hybridized carbons (Fsp3) is 0.500. The topological polar surface area (TPSA) is 66.8 Å². The molecule has 94 valence electrons. The minimum absolute atomic E-state index is 0.168. The summed E-state index contributed by atoms with van der Waals surface area (Å²) in [5, 5.41) is 9.14. The number of aliphatic carboxylic acids is 1. The van der Waals surface area contributed by atoms with Crippen molar-refractivity contribution in [1.82, 2.24) is 4.90 Å². The maximum atomic E-state index is 11.5. The van der Waals surface area contributed by atoms with Crippen LogP contribution in [0.4, 0.5) is 4.79 Å². The molecule has 0 bridgehead atoms. The van der Waals surface area contributed by atoms with Gasteiger partial charge in [-0.15, -0.1) is 6.58 Å². The molecular formula is C12H17NO4. The van der Waals surface area contributed by atoms with E-state index in [0.717, 1.165) is 0 Å². The van der Waals surface area contributed by atoms with E-state index >= 15 is 0 Å². The number of hydrogen-bond donors (Lipinski definition) is 1. The van der Waals surface area contributed by atoms with Crippen molar-refractivity contribution < 1.29 is 19.4 Å². The average molecular weight is 239 g/mol. The lowest BCUT2D eigenvalue weighted by atomic mass is 9.79. The van der Waals surface area contributed by atoms with Gasteiger partial charge in [-0.2, -0.15) is 0 Å². The van der Waals surface area contributed by atoms with Crippen molar-refractivity contribution in [2.75, 3.05) is 19.7 Å². The molecule has 0 atom stereocenters. The highest BCUT2D eigenvalue weighted by Crippen LogP contribution is 2.33. The summed E-state index contributed by atoms with van der Waals surface area (Å²) < 4.78 is 4.89. The molecule has 1 aliphatic rings. The molecule has 17 heavy (non-hydrogen) atoms. The lowest BCUT2D eigenvalue weighted by Crippen LogP contribution is -2.45. The number of piperidine rings is 1. The maximum absolute atomic E-state index is 11.5. The summed E-state index contributed by atoms with van der Waals surface area (Å²) in [5.74, 6) is -0.883. The summed E-state index contributed by atoms with van der Waals surface area (Å²) in [6, 6.07) is 0. The molecule has 0 aliphatic carbocycles. The molecule has 0 aromatic carbocycles. The van der Waals surface area contributed by atoms with Crippen LogP contribution in [0.25, 0.3) is 0 Å².